The Bertz CT molecular complexity index is 404. The minimum Gasteiger partial charge on any atom is -0.369 e. The number of hydrogen-bond donors (Lipinski definition) is 0. The third kappa shape index (κ3) is 3.73. The van der Waals surface area contributed by atoms with E-state index in [2.05, 4.69) is 55.8 Å². The van der Waals surface area contributed by atoms with E-state index in [0.717, 1.165) is 25.4 Å². The van der Waals surface area contributed by atoms with Gasteiger partial charge >= 0.3 is 0 Å². The van der Waals surface area contributed by atoms with Crippen molar-refractivity contribution in [3.63, 3.8) is 0 Å². The van der Waals surface area contributed by atoms with Crippen LogP contribution in [0.3, 0.4) is 0 Å². The molecule has 0 atom stereocenters. The molecule has 0 aromatic heterocycles. The predicted octanol–water partition coefficient (Wildman–Crippen LogP) is 3.20. The summed E-state index contributed by atoms with van der Waals surface area (Å²) in [5, 5.41) is 0. The van der Waals surface area contributed by atoms with Crippen molar-refractivity contribution in [3.8, 4) is 0 Å². The molecule has 1 saturated heterocycles. The van der Waals surface area contributed by atoms with Crippen LogP contribution in [-0.2, 0) is 12.8 Å². The summed E-state index contributed by atoms with van der Waals surface area (Å²) in [6.45, 7) is 11.5. The number of piperazine rings is 1. The average molecular weight is 260 g/mol. The van der Waals surface area contributed by atoms with E-state index in [1.807, 2.05) is 0 Å². The lowest BCUT2D eigenvalue weighted by molar-refractivity contribution is 0.312. The lowest BCUT2D eigenvalue weighted by atomic mass is 9.97. The van der Waals surface area contributed by atoms with Crippen LogP contribution in [0.4, 0.5) is 5.69 Å². The van der Waals surface area contributed by atoms with Crippen molar-refractivity contribution in [2.75, 3.05) is 38.1 Å². The van der Waals surface area contributed by atoms with Crippen LogP contribution >= 0.6 is 0 Å². The van der Waals surface area contributed by atoms with E-state index in [1.54, 1.807) is 5.56 Å². The topological polar surface area (TPSA) is 6.48 Å². The molecule has 1 aliphatic rings. The first-order chi connectivity index (χ1) is 9.10. The summed E-state index contributed by atoms with van der Waals surface area (Å²) in [6, 6.07) is 7.08. The Morgan fingerprint density at radius 1 is 1.11 bits per heavy atom. The molecule has 106 valence electrons. The Labute approximate surface area is 118 Å². The molecule has 0 saturated carbocycles. The van der Waals surface area contributed by atoms with E-state index in [4.69, 9.17) is 0 Å². The monoisotopic (exact) mass is 260 g/mol. The van der Waals surface area contributed by atoms with Crippen molar-refractivity contribution >= 4 is 5.69 Å². The van der Waals surface area contributed by atoms with Gasteiger partial charge in [-0.25, -0.2) is 0 Å². The third-order valence-electron chi connectivity index (χ3n) is 4.02. The Kier molecular flexibility index (Phi) is 4.87. The average Bonchev–Trinajstić information content (AvgIpc) is 2.39. The van der Waals surface area contributed by atoms with Crippen LogP contribution in [0.1, 0.15) is 31.9 Å². The smallest absolute Gasteiger partial charge is 0.0399 e. The van der Waals surface area contributed by atoms with Crippen LogP contribution in [0.25, 0.3) is 0 Å². The molecule has 1 aromatic carbocycles. The fraction of sp³-hybridized carbons (Fsp3) is 0.647. The Balaban J connectivity index is 2.22. The van der Waals surface area contributed by atoms with Crippen molar-refractivity contribution in [3.05, 3.63) is 29.3 Å². The van der Waals surface area contributed by atoms with Crippen molar-refractivity contribution in [2.24, 2.45) is 5.92 Å². The van der Waals surface area contributed by atoms with Gasteiger partial charge in [0.15, 0.2) is 0 Å². The SMILES string of the molecule is CCc1ccc(N2CCN(C)CC2)c(CC(C)C)c1. The Morgan fingerprint density at radius 3 is 2.37 bits per heavy atom. The molecule has 0 N–H and O–H groups in total. The van der Waals surface area contributed by atoms with E-state index in [1.165, 1.54) is 30.8 Å². The zero-order valence-corrected chi connectivity index (χ0v) is 12.9. The van der Waals surface area contributed by atoms with Crippen molar-refractivity contribution in [1.82, 2.24) is 4.90 Å². The van der Waals surface area contributed by atoms with Crippen molar-refractivity contribution in [1.29, 1.82) is 0 Å². The molecule has 1 aliphatic heterocycles. The zero-order valence-electron chi connectivity index (χ0n) is 12.9. The zero-order chi connectivity index (χ0) is 13.8. The summed E-state index contributed by atoms with van der Waals surface area (Å²) in [6.07, 6.45) is 2.32. The van der Waals surface area contributed by atoms with Crippen LogP contribution < -0.4 is 4.90 Å². The molecule has 19 heavy (non-hydrogen) atoms. The molecule has 2 nitrogen and oxygen atoms in total. The second-order valence-electron chi connectivity index (χ2n) is 6.20. The number of nitrogens with zero attached hydrogens (tertiary/aromatic N) is 2. The van der Waals surface area contributed by atoms with E-state index in [9.17, 15) is 0 Å². The van der Waals surface area contributed by atoms with Gasteiger partial charge in [-0.3, -0.25) is 0 Å². The van der Waals surface area contributed by atoms with Gasteiger partial charge in [-0.1, -0.05) is 32.9 Å². The van der Waals surface area contributed by atoms with Crippen molar-refractivity contribution in [2.45, 2.75) is 33.6 Å². The molecule has 2 rings (SSSR count). The molecule has 0 spiro atoms. The lowest BCUT2D eigenvalue weighted by Crippen LogP contribution is -2.44. The maximum Gasteiger partial charge on any atom is 0.0399 e. The number of aryl methyl sites for hydroxylation is 1. The molecule has 0 radical (unpaired) electrons. The van der Waals surface area contributed by atoms with Gasteiger partial charge in [-0.15, -0.1) is 0 Å². The third-order valence-corrected chi connectivity index (χ3v) is 4.02. The second-order valence-corrected chi connectivity index (χ2v) is 6.20. The molecule has 1 fully saturated rings. The summed E-state index contributed by atoms with van der Waals surface area (Å²) < 4.78 is 0. The molecular formula is C17H28N2. The predicted molar refractivity (Wildman–Crippen MR) is 84.1 cm³/mol. The van der Waals surface area contributed by atoms with E-state index in [0.29, 0.717) is 0 Å². The quantitative estimate of drug-likeness (QED) is 0.820. The number of anilines is 1. The number of benzene rings is 1. The molecule has 2 heteroatoms. The highest BCUT2D eigenvalue weighted by Gasteiger charge is 2.17. The summed E-state index contributed by atoms with van der Waals surface area (Å²) in [7, 11) is 2.21. The molecule has 1 heterocycles. The summed E-state index contributed by atoms with van der Waals surface area (Å²) >= 11 is 0. The minimum atomic E-state index is 0.721. The number of rotatable bonds is 4. The van der Waals surface area contributed by atoms with Gasteiger partial charge < -0.3 is 9.80 Å². The summed E-state index contributed by atoms with van der Waals surface area (Å²) in [4.78, 5) is 4.98. The van der Waals surface area contributed by atoms with E-state index in [-0.39, 0.29) is 0 Å². The standard InChI is InChI=1S/C17H28N2/c1-5-15-6-7-17(16(13-15)12-14(2)3)19-10-8-18(4)9-11-19/h6-7,13-14H,5,8-12H2,1-4H3. The normalized spacial score (nSPS) is 17.2. The molecule has 0 unspecified atom stereocenters. The first-order valence-electron chi connectivity index (χ1n) is 7.65. The molecule has 0 aliphatic carbocycles. The number of likely N-dealkylation sites (N-methyl/N-ethyl adjacent to an activating group) is 1. The maximum absolute atomic E-state index is 2.57. The molecular weight excluding hydrogens is 232 g/mol. The Morgan fingerprint density at radius 2 is 1.79 bits per heavy atom. The maximum atomic E-state index is 2.57. The summed E-state index contributed by atoms with van der Waals surface area (Å²) in [5.74, 6) is 0.721. The lowest BCUT2D eigenvalue weighted by Gasteiger charge is -2.35. The molecule has 1 aromatic rings. The van der Waals surface area contributed by atoms with Gasteiger partial charge in [0.05, 0.1) is 0 Å². The van der Waals surface area contributed by atoms with Crippen LogP contribution in [-0.4, -0.2) is 38.1 Å². The van der Waals surface area contributed by atoms with Gasteiger partial charge in [0.2, 0.25) is 0 Å². The highest BCUT2D eigenvalue weighted by Crippen LogP contribution is 2.26. The van der Waals surface area contributed by atoms with Gasteiger partial charge in [0.1, 0.15) is 0 Å². The summed E-state index contributed by atoms with van der Waals surface area (Å²) in [5.41, 5.74) is 4.48. The molecule has 0 bridgehead atoms. The molecule has 0 amide bonds. The van der Waals surface area contributed by atoms with Gasteiger partial charge in [0, 0.05) is 31.9 Å². The van der Waals surface area contributed by atoms with E-state index < -0.39 is 0 Å². The first kappa shape index (κ1) is 14.4. The highest BCUT2D eigenvalue weighted by atomic mass is 15.2. The van der Waals surface area contributed by atoms with Gasteiger partial charge in [-0.05, 0) is 43.0 Å². The largest absolute Gasteiger partial charge is 0.369 e. The number of hydrogen-bond acceptors (Lipinski definition) is 2. The first-order valence-corrected chi connectivity index (χ1v) is 7.65. The highest BCUT2D eigenvalue weighted by molar-refractivity contribution is 5.55. The van der Waals surface area contributed by atoms with E-state index >= 15 is 0 Å². The van der Waals surface area contributed by atoms with Crippen molar-refractivity contribution < 1.29 is 0 Å². The fourth-order valence-corrected chi connectivity index (χ4v) is 2.82. The van der Waals surface area contributed by atoms with Crippen LogP contribution in [0.2, 0.25) is 0 Å². The van der Waals surface area contributed by atoms with Gasteiger partial charge in [-0.2, -0.15) is 0 Å². The fourth-order valence-electron chi connectivity index (χ4n) is 2.82. The van der Waals surface area contributed by atoms with Crippen LogP contribution in [0.15, 0.2) is 18.2 Å². The van der Waals surface area contributed by atoms with Gasteiger partial charge in [0.25, 0.3) is 0 Å². The van der Waals surface area contributed by atoms with Crippen LogP contribution in [0, 0.1) is 5.92 Å². The van der Waals surface area contributed by atoms with Crippen LogP contribution in [0.5, 0.6) is 0 Å². The Hall–Kier alpha value is -1.02. The minimum absolute atomic E-state index is 0.721. The second kappa shape index (κ2) is 6.42.